The van der Waals surface area contributed by atoms with E-state index >= 15 is 0 Å². The Bertz CT molecular complexity index is 121. The molecule has 2 atom stereocenters. The first-order valence-electron chi connectivity index (χ1n) is 3.16. The third-order valence-electron chi connectivity index (χ3n) is 1.71. The molecule has 0 radical (unpaired) electrons. The van der Waals surface area contributed by atoms with Crippen LogP contribution in [-0.4, -0.2) is 46.7 Å². The average Bonchev–Trinajstić information content (AvgIpc) is 1.96. The topological polar surface area (TPSA) is 84.8 Å². The van der Waals surface area contributed by atoms with Crippen LogP contribution < -0.4 is 10.9 Å². The fraction of sp³-hybridized carbons (Fsp3) is 1.00. The molecule has 5 heteroatoms. The third kappa shape index (κ3) is 1.28. The smallest absolute Gasteiger partial charge is 0.128 e. The maximum absolute atomic E-state index is 9.35. The summed E-state index contributed by atoms with van der Waals surface area (Å²) in [5, 5.41) is 27.1. The molecule has 0 unspecified atom stereocenters. The Morgan fingerprint density at radius 3 is 2.60 bits per heavy atom. The summed E-state index contributed by atoms with van der Waals surface area (Å²) >= 11 is 0. The van der Waals surface area contributed by atoms with E-state index in [1.54, 1.807) is 0 Å². The van der Waals surface area contributed by atoms with Crippen LogP contribution in [0.1, 0.15) is 0 Å². The largest absolute Gasteiger partial charge is 0.393 e. The number of hydrazine groups is 1. The highest BCUT2D eigenvalue weighted by Gasteiger charge is 2.37. The number of β-amino-alcohol motifs (C(OH)–C–C–N with tert-alkyl or cyclic N) is 2. The van der Waals surface area contributed by atoms with Crippen molar-refractivity contribution in [3.63, 3.8) is 0 Å². The molecule has 0 amide bonds. The fourth-order valence-electron chi connectivity index (χ4n) is 0.853. The van der Waals surface area contributed by atoms with Gasteiger partial charge < -0.3 is 15.3 Å². The van der Waals surface area contributed by atoms with Gasteiger partial charge in [0.25, 0.3) is 0 Å². The average molecular weight is 148 g/mol. The van der Waals surface area contributed by atoms with Gasteiger partial charge in [-0.1, -0.05) is 0 Å². The van der Waals surface area contributed by atoms with E-state index in [2.05, 4.69) is 10.9 Å². The molecule has 0 bridgehead atoms. The van der Waals surface area contributed by atoms with E-state index < -0.39 is 18.3 Å². The minimum Gasteiger partial charge on any atom is -0.393 e. The van der Waals surface area contributed by atoms with Crippen molar-refractivity contribution in [1.29, 1.82) is 0 Å². The Morgan fingerprint density at radius 2 is 2.20 bits per heavy atom. The molecule has 0 aromatic carbocycles. The molecule has 0 aliphatic carbocycles. The Balaban J connectivity index is 2.54. The second kappa shape index (κ2) is 2.81. The molecular formula is C5H12N2O3. The molecule has 1 aliphatic rings. The van der Waals surface area contributed by atoms with Crippen LogP contribution >= 0.6 is 0 Å². The first-order chi connectivity index (χ1) is 4.69. The molecule has 10 heavy (non-hydrogen) atoms. The monoisotopic (exact) mass is 148 g/mol. The van der Waals surface area contributed by atoms with E-state index in [1.165, 1.54) is 0 Å². The van der Waals surface area contributed by atoms with Gasteiger partial charge >= 0.3 is 0 Å². The van der Waals surface area contributed by atoms with Crippen LogP contribution in [-0.2, 0) is 0 Å². The van der Waals surface area contributed by atoms with Crippen molar-refractivity contribution in [2.75, 3.05) is 19.7 Å². The number of aliphatic hydroxyl groups is 3. The van der Waals surface area contributed by atoms with E-state index in [4.69, 9.17) is 10.2 Å². The molecule has 1 rings (SSSR count). The Morgan fingerprint density at radius 1 is 1.50 bits per heavy atom. The van der Waals surface area contributed by atoms with Gasteiger partial charge in [0, 0.05) is 13.1 Å². The van der Waals surface area contributed by atoms with Crippen LogP contribution in [0.2, 0.25) is 0 Å². The molecule has 0 aromatic heterocycles. The molecule has 1 aliphatic heterocycles. The summed E-state index contributed by atoms with van der Waals surface area (Å²) in [6.07, 6.45) is -0.904. The summed E-state index contributed by atoms with van der Waals surface area (Å²) in [5.41, 5.74) is 3.91. The second-order valence-corrected chi connectivity index (χ2v) is 2.51. The van der Waals surface area contributed by atoms with E-state index in [9.17, 15) is 5.11 Å². The number of aliphatic hydroxyl groups excluding tert-OH is 2. The minimum atomic E-state index is -1.38. The summed E-state index contributed by atoms with van der Waals surface area (Å²) in [4.78, 5) is 0. The maximum atomic E-state index is 9.35. The van der Waals surface area contributed by atoms with Crippen molar-refractivity contribution >= 4 is 0 Å². The van der Waals surface area contributed by atoms with Crippen molar-refractivity contribution in [2.24, 2.45) is 0 Å². The number of hydrogen-bond donors (Lipinski definition) is 5. The number of hydrogen-bond acceptors (Lipinski definition) is 5. The lowest BCUT2D eigenvalue weighted by Crippen LogP contribution is -2.64. The van der Waals surface area contributed by atoms with E-state index in [0.29, 0.717) is 0 Å². The number of rotatable bonds is 1. The van der Waals surface area contributed by atoms with Gasteiger partial charge in [-0.3, -0.25) is 10.9 Å². The van der Waals surface area contributed by atoms with E-state index in [1.807, 2.05) is 0 Å². The molecule has 5 nitrogen and oxygen atoms in total. The van der Waals surface area contributed by atoms with Crippen molar-refractivity contribution in [1.82, 2.24) is 10.9 Å². The summed E-state index contributed by atoms with van der Waals surface area (Å²) in [5.74, 6) is 0. The first-order valence-corrected chi connectivity index (χ1v) is 3.16. The predicted octanol–water partition coefficient (Wildman–Crippen LogP) is -2.82. The fourth-order valence-corrected chi connectivity index (χ4v) is 0.853. The Labute approximate surface area is 58.6 Å². The van der Waals surface area contributed by atoms with Crippen molar-refractivity contribution < 1.29 is 15.3 Å². The summed E-state index contributed by atoms with van der Waals surface area (Å²) in [7, 11) is 0. The van der Waals surface area contributed by atoms with Crippen LogP contribution in [0.25, 0.3) is 0 Å². The molecule has 0 spiro atoms. The standard InChI is InChI=1S/C5H12N2O3/c8-3-5(10)2-7-6-1-4(5)9/h4,6-10H,1-3H2/t4-,5-/m1/s1. The normalized spacial score (nSPS) is 41.7. The molecule has 1 heterocycles. The van der Waals surface area contributed by atoms with Gasteiger partial charge in [-0.15, -0.1) is 0 Å². The second-order valence-electron chi connectivity index (χ2n) is 2.51. The zero-order chi connectivity index (χ0) is 7.61. The quantitative estimate of drug-likeness (QED) is 0.277. The van der Waals surface area contributed by atoms with Gasteiger partial charge in [-0.2, -0.15) is 0 Å². The lowest BCUT2D eigenvalue weighted by atomic mass is 9.96. The maximum Gasteiger partial charge on any atom is 0.128 e. The highest BCUT2D eigenvalue weighted by Crippen LogP contribution is 2.10. The number of nitrogens with one attached hydrogen (secondary N) is 2. The molecule has 0 aromatic rings. The lowest BCUT2D eigenvalue weighted by Gasteiger charge is -2.35. The highest BCUT2D eigenvalue weighted by atomic mass is 16.4. The molecule has 0 saturated carbocycles. The molecule has 1 fully saturated rings. The summed E-state index contributed by atoms with van der Waals surface area (Å²) < 4.78 is 0. The van der Waals surface area contributed by atoms with Crippen LogP contribution in [0.5, 0.6) is 0 Å². The molecular weight excluding hydrogens is 136 g/mol. The SMILES string of the molecule is OC[C@]1(O)CNNC[C@H]1O. The van der Waals surface area contributed by atoms with Gasteiger partial charge in [0.05, 0.1) is 6.61 Å². The van der Waals surface area contributed by atoms with Crippen LogP contribution in [0.15, 0.2) is 0 Å². The summed E-state index contributed by atoms with van der Waals surface area (Å²) in [6.45, 7) is -0.0232. The van der Waals surface area contributed by atoms with Gasteiger partial charge in [-0.05, 0) is 0 Å². The lowest BCUT2D eigenvalue weighted by molar-refractivity contribution is -0.118. The highest BCUT2D eigenvalue weighted by molar-refractivity contribution is 4.91. The van der Waals surface area contributed by atoms with E-state index in [0.717, 1.165) is 0 Å². The summed E-state index contributed by atoms with van der Waals surface area (Å²) in [6, 6.07) is 0. The van der Waals surface area contributed by atoms with Gasteiger partial charge in [0.1, 0.15) is 11.7 Å². The van der Waals surface area contributed by atoms with Gasteiger partial charge in [-0.25, -0.2) is 0 Å². The zero-order valence-electron chi connectivity index (χ0n) is 5.54. The van der Waals surface area contributed by atoms with Crippen molar-refractivity contribution in [2.45, 2.75) is 11.7 Å². The minimum absolute atomic E-state index is 0.157. The Hall–Kier alpha value is -0.200. The van der Waals surface area contributed by atoms with Gasteiger partial charge in [0.15, 0.2) is 0 Å². The van der Waals surface area contributed by atoms with E-state index in [-0.39, 0.29) is 13.1 Å². The molecule has 5 N–H and O–H groups in total. The van der Waals surface area contributed by atoms with Crippen LogP contribution in [0.3, 0.4) is 0 Å². The van der Waals surface area contributed by atoms with Gasteiger partial charge in [0.2, 0.25) is 0 Å². The van der Waals surface area contributed by atoms with Crippen LogP contribution in [0, 0.1) is 0 Å². The first kappa shape index (κ1) is 7.90. The Kier molecular flexibility index (Phi) is 2.22. The predicted molar refractivity (Wildman–Crippen MR) is 34.0 cm³/mol. The third-order valence-corrected chi connectivity index (χ3v) is 1.71. The van der Waals surface area contributed by atoms with Crippen molar-refractivity contribution in [3.8, 4) is 0 Å². The van der Waals surface area contributed by atoms with Crippen LogP contribution in [0.4, 0.5) is 0 Å². The molecule has 1 saturated heterocycles. The molecule has 60 valence electrons. The zero-order valence-corrected chi connectivity index (χ0v) is 5.54. The van der Waals surface area contributed by atoms with Crippen molar-refractivity contribution in [3.05, 3.63) is 0 Å².